The van der Waals surface area contributed by atoms with E-state index in [-0.39, 0.29) is 0 Å². The number of methoxy groups -OCH3 is 1. The van der Waals surface area contributed by atoms with Crippen LogP contribution in [0.2, 0.25) is 0 Å². The summed E-state index contributed by atoms with van der Waals surface area (Å²) in [5.41, 5.74) is -0.599. The highest BCUT2D eigenvalue weighted by molar-refractivity contribution is 5.79. The Hall–Kier alpha value is -0.610. The Bertz CT molecular complexity index is 270. The Kier molecular flexibility index (Phi) is 4.05. The first-order valence-electron chi connectivity index (χ1n) is 6.70. The van der Waals surface area contributed by atoms with Crippen molar-refractivity contribution >= 4 is 5.97 Å². The molecule has 0 spiro atoms. The van der Waals surface area contributed by atoms with E-state index in [9.17, 15) is 9.90 Å². The van der Waals surface area contributed by atoms with Gasteiger partial charge in [0.2, 0.25) is 0 Å². The second kappa shape index (κ2) is 5.36. The van der Waals surface area contributed by atoms with Crippen LogP contribution in [-0.2, 0) is 9.53 Å². The van der Waals surface area contributed by atoms with Crippen LogP contribution in [0.3, 0.4) is 0 Å². The number of hydrogen-bond donors (Lipinski definition) is 1. The van der Waals surface area contributed by atoms with Gasteiger partial charge in [-0.15, -0.1) is 0 Å². The van der Waals surface area contributed by atoms with Gasteiger partial charge in [0.15, 0.2) is 0 Å². The molecule has 17 heavy (non-hydrogen) atoms. The molecule has 2 fully saturated rings. The molecule has 2 aliphatic carbocycles. The van der Waals surface area contributed by atoms with Crippen molar-refractivity contribution in [2.24, 2.45) is 0 Å². The number of carbonyl (C=O) groups is 1. The summed E-state index contributed by atoms with van der Waals surface area (Å²) in [6.45, 7) is 1.39. The lowest BCUT2D eigenvalue weighted by atomic mass is 9.80. The highest BCUT2D eigenvalue weighted by Crippen LogP contribution is 2.40. The topological polar surface area (TPSA) is 49.8 Å². The molecule has 4 heteroatoms. The minimum absolute atomic E-state index is 0.486. The van der Waals surface area contributed by atoms with E-state index in [1.54, 1.807) is 7.11 Å². The van der Waals surface area contributed by atoms with E-state index in [0.29, 0.717) is 12.6 Å². The molecule has 0 radical (unpaired) electrons. The lowest BCUT2D eigenvalue weighted by molar-refractivity contribution is -0.155. The first-order valence-corrected chi connectivity index (χ1v) is 6.70. The van der Waals surface area contributed by atoms with Gasteiger partial charge < -0.3 is 9.84 Å². The summed E-state index contributed by atoms with van der Waals surface area (Å²) < 4.78 is 5.13. The molecule has 0 aromatic carbocycles. The number of hydrogen-bond acceptors (Lipinski definition) is 3. The maximum Gasteiger partial charge on any atom is 0.324 e. The highest BCUT2D eigenvalue weighted by Gasteiger charge is 2.49. The zero-order valence-electron chi connectivity index (χ0n) is 10.7. The Balaban J connectivity index is 2.12. The summed E-state index contributed by atoms with van der Waals surface area (Å²) in [6.07, 6.45) is 7.19. The average molecular weight is 241 g/mol. The zero-order chi connectivity index (χ0) is 12.3. The standard InChI is InChI=1S/C13H23NO3/c1-17-10-9-14(11-5-6-11)13(12(15)16)7-3-2-4-8-13/h11H,2-10H2,1H3,(H,15,16). The Morgan fingerprint density at radius 3 is 2.47 bits per heavy atom. The molecule has 2 aliphatic rings. The molecule has 2 rings (SSSR count). The summed E-state index contributed by atoms with van der Waals surface area (Å²) in [7, 11) is 1.68. The molecule has 0 heterocycles. The van der Waals surface area contributed by atoms with Gasteiger partial charge in [-0.25, -0.2) is 0 Å². The minimum Gasteiger partial charge on any atom is -0.480 e. The van der Waals surface area contributed by atoms with Gasteiger partial charge in [0.1, 0.15) is 5.54 Å². The summed E-state index contributed by atoms with van der Waals surface area (Å²) in [6, 6.07) is 0.486. The van der Waals surface area contributed by atoms with Gasteiger partial charge in [-0.1, -0.05) is 19.3 Å². The van der Waals surface area contributed by atoms with Gasteiger partial charge in [-0.05, 0) is 25.7 Å². The predicted molar refractivity (Wildman–Crippen MR) is 65.1 cm³/mol. The number of carboxylic acids is 1. The average Bonchev–Trinajstić information content (AvgIpc) is 3.15. The van der Waals surface area contributed by atoms with Crippen LogP contribution in [-0.4, -0.2) is 47.8 Å². The molecule has 1 N–H and O–H groups in total. The molecule has 0 saturated heterocycles. The third kappa shape index (κ3) is 2.63. The smallest absolute Gasteiger partial charge is 0.324 e. The van der Waals surface area contributed by atoms with Crippen molar-refractivity contribution in [3.63, 3.8) is 0 Å². The van der Waals surface area contributed by atoms with Crippen LogP contribution < -0.4 is 0 Å². The maximum atomic E-state index is 11.7. The van der Waals surface area contributed by atoms with E-state index in [2.05, 4.69) is 4.90 Å². The van der Waals surface area contributed by atoms with Gasteiger partial charge >= 0.3 is 5.97 Å². The number of ether oxygens (including phenoxy) is 1. The van der Waals surface area contributed by atoms with Crippen LogP contribution >= 0.6 is 0 Å². The predicted octanol–water partition coefficient (Wildman–Crippen LogP) is 1.88. The van der Waals surface area contributed by atoms with Crippen LogP contribution in [0, 0.1) is 0 Å². The molecule has 0 aromatic rings. The SMILES string of the molecule is COCCN(C1CC1)C1(C(=O)O)CCCCC1. The highest BCUT2D eigenvalue weighted by atomic mass is 16.5. The molecular formula is C13H23NO3. The Morgan fingerprint density at radius 2 is 2.00 bits per heavy atom. The Labute approximate surface area is 103 Å². The van der Waals surface area contributed by atoms with E-state index in [1.807, 2.05) is 0 Å². The van der Waals surface area contributed by atoms with E-state index in [0.717, 1.165) is 45.1 Å². The third-order valence-electron chi connectivity index (χ3n) is 4.15. The fourth-order valence-corrected chi connectivity index (χ4v) is 3.08. The maximum absolute atomic E-state index is 11.7. The summed E-state index contributed by atoms with van der Waals surface area (Å²) in [4.78, 5) is 14.0. The first-order chi connectivity index (χ1) is 8.20. The van der Waals surface area contributed by atoms with Crippen LogP contribution in [0.4, 0.5) is 0 Å². The van der Waals surface area contributed by atoms with Crippen molar-refractivity contribution < 1.29 is 14.6 Å². The second-order valence-corrected chi connectivity index (χ2v) is 5.31. The first kappa shape index (κ1) is 12.8. The quantitative estimate of drug-likeness (QED) is 0.771. The normalized spacial score (nSPS) is 23.9. The number of carboxylic acid groups (broad SMARTS) is 1. The molecule has 2 saturated carbocycles. The van der Waals surface area contributed by atoms with Crippen molar-refractivity contribution in [1.82, 2.24) is 4.90 Å². The van der Waals surface area contributed by atoms with Crippen LogP contribution in [0.1, 0.15) is 44.9 Å². The molecule has 0 bridgehead atoms. The molecule has 4 nitrogen and oxygen atoms in total. The number of rotatable bonds is 6. The molecule has 0 unspecified atom stereocenters. The summed E-state index contributed by atoms with van der Waals surface area (Å²) in [5, 5.41) is 9.65. The van der Waals surface area contributed by atoms with Gasteiger partial charge in [0.25, 0.3) is 0 Å². The van der Waals surface area contributed by atoms with Crippen LogP contribution in [0.5, 0.6) is 0 Å². The Morgan fingerprint density at radius 1 is 1.35 bits per heavy atom. The van der Waals surface area contributed by atoms with E-state index < -0.39 is 11.5 Å². The molecule has 0 atom stereocenters. The lowest BCUT2D eigenvalue weighted by Gasteiger charge is -2.43. The largest absolute Gasteiger partial charge is 0.480 e. The van der Waals surface area contributed by atoms with Crippen LogP contribution in [0.15, 0.2) is 0 Å². The fourth-order valence-electron chi connectivity index (χ4n) is 3.08. The van der Waals surface area contributed by atoms with E-state index in [4.69, 9.17) is 4.74 Å². The van der Waals surface area contributed by atoms with Gasteiger partial charge in [0.05, 0.1) is 6.61 Å². The molecular weight excluding hydrogens is 218 g/mol. The van der Waals surface area contributed by atoms with Crippen molar-refractivity contribution in [2.75, 3.05) is 20.3 Å². The number of aliphatic carboxylic acids is 1. The molecule has 0 aromatic heterocycles. The van der Waals surface area contributed by atoms with Crippen molar-refractivity contribution in [3.05, 3.63) is 0 Å². The zero-order valence-corrected chi connectivity index (χ0v) is 10.7. The summed E-state index contributed by atoms with van der Waals surface area (Å²) in [5.74, 6) is -0.625. The van der Waals surface area contributed by atoms with Crippen LogP contribution in [0.25, 0.3) is 0 Å². The van der Waals surface area contributed by atoms with Gasteiger partial charge in [0, 0.05) is 19.7 Å². The second-order valence-electron chi connectivity index (χ2n) is 5.31. The van der Waals surface area contributed by atoms with Crippen molar-refractivity contribution in [1.29, 1.82) is 0 Å². The van der Waals surface area contributed by atoms with Crippen molar-refractivity contribution in [2.45, 2.75) is 56.5 Å². The number of nitrogens with zero attached hydrogens (tertiary/aromatic N) is 1. The minimum atomic E-state index is -0.625. The third-order valence-corrected chi connectivity index (χ3v) is 4.15. The van der Waals surface area contributed by atoms with Gasteiger partial charge in [-0.2, -0.15) is 0 Å². The van der Waals surface area contributed by atoms with E-state index in [1.165, 1.54) is 6.42 Å². The van der Waals surface area contributed by atoms with Gasteiger partial charge in [-0.3, -0.25) is 9.69 Å². The van der Waals surface area contributed by atoms with Crippen molar-refractivity contribution in [3.8, 4) is 0 Å². The molecule has 98 valence electrons. The lowest BCUT2D eigenvalue weighted by Crippen LogP contribution is -2.57. The monoisotopic (exact) mass is 241 g/mol. The van der Waals surface area contributed by atoms with E-state index >= 15 is 0 Å². The fraction of sp³-hybridized carbons (Fsp3) is 0.923. The summed E-state index contributed by atoms with van der Waals surface area (Å²) >= 11 is 0. The molecule has 0 amide bonds. The molecule has 0 aliphatic heterocycles.